The Hall–Kier alpha value is -7.15. The molecule has 0 fully saturated rings. The molecular formula is C61H40N2OP2Se. The smallest absolute Gasteiger partial charge is 0.0616 e. The molecule has 0 aliphatic heterocycles. The van der Waals surface area contributed by atoms with Gasteiger partial charge in [0.05, 0.1) is 5.52 Å². The van der Waals surface area contributed by atoms with Crippen molar-refractivity contribution < 1.29 is 4.57 Å². The zero-order valence-electron chi connectivity index (χ0n) is 36.2. The Morgan fingerprint density at radius 2 is 0.925 bits per heavy atom. The van der Waals surface area contributed by atoms with Crippen molar-refractivity contribution in [1.82, 2.24) is 9.38 Å². The van der Waals surface area contributed by atoms with Crippen molar-refractivity contribution in [2.45, 2.75) is 0 Å². The van der Waals surface area contributed by atoms with Crippen molar-refractivity contribution in [2.75, 3.05) is 0 Å². The van der Waals surface area contributed by atoms with Gasteiger partial charge in [-0.3, -0.25) is 0 Å². The van der Waals surface area contributed by atoms with Crippen molar-refractivity contribution in [3.05, 3.63) is 243 Å². The van der Waals surface area contributed by atoms with Crippen LogP contribution in [0.15, 0.2) is 243 Å². The Labute approximate surface area is 395 Å². The summed E-state index contributed by atoms with van der Waals surface area (Å²) in [5, 5.41) is 16.6. The first-order valence-electron chi connectivity index (χ1n) is 22.6. The van der Waals surface area contributed by atoms with Gasteiger partial charge in [-0.2, -0.15) is 0 Å². The second-order valence-electron chi connectivity index (χ2n) is 17.4. The molecule has 6 heteroatoms. The minimum absolute atomic E-state index is 0.775. The molecule has 2 aromatic heterocycles. The molecule has 0 amide bonds. The van der Waals surface area contributed by atoms with Crippen molar-refractivity contribution in [2.24, 2.45) is 0 Å². The molecule has 0 aliphatic rings. The van der Waals surface area contributed by atoms with E-state index in [1.54, 1.807) is 0 Å². The molecular weight excluding hydrogens is 918 g/mol. The van der Waals surface area contributed by atoms with Gasteiger partial charge in [-0.25, -0.2) is 4.98 Å². The summed E-state index contributed by atoms with van der Waals surface area (Å²) in [5.74, 6) is 0. The quantitative estimate of drug-likeness (QED) is 0.0906. The van der Waals surface area contributed by atoms with Gasteiger partial charge in [-0.1, -0.05) is 103 Å². The van der Waals surface area contributed by atoms with Crippen molar-refractivity contribution >= 4 is 130 Å². The summed E-state index contributed by atoms with van der Waals surface area (Å²) >= 11 is 3.73. The minimum atomic E-state index is -3.39. The number of nitrogens with zero attached hydrogens (tertiary/aromatic N) is 2. The van der Waals surface area contributed by atoms with Gasteiger partial charge in [0.15, 0.2) is 7.14 Å². The maximum absolute atomic E-state index is 16.3. The van der Waals surface area contributed by atoms with Crippen LogP contribution < -0.4 is 31.8 Å². The second-order valence-corrected chi connectivity index (χ2v) is 26.3. The fourth-order valence-electron chi connectivity index (χ4n) is 10.4. The van der Waals surface area contributed by atoms with Gasteiger partial charge in [0.2, 0.25) is 0 Å². The third kappa shape index (κ3) is 6.29. The molecule has 13 rings (SSSR count). The van der Waals surface area contributed by atoms with Crippen LogP contribution in [0.4, 0.5) is 0 Å². The molecule has 0 bridgehead atoms. The van der Waals surface area contributed by atoms with E-state index in [-0.39, 0.29) is 0 Å². The molecule has 67 heavy (non-hydrogen) atoms. The minimum Gasteiger partial charge on any atom is -0.0616 e. The van der Waals surface area contributed by atoms with Crippen LogP contribution in [-0.2, 0) is 4.57 Å². The van der Waals surface area contributed by atoms with E-state index in [2.05, 4.69) is 201 Å². The van der Waals surface area contributed by atoms with Crippen LogP contribution in [0.5, 0.6) is 0 Å². The molecule has 1 unspecified atom stereocenters. The average molecular weight is 958 g/mol. The summed E-state index contributed by atoms with van der Waals surface area (Å²) in [7, 11) is -3.39. The fraction of sp³-hybridized carbons (Fsp3) is 0. The zero-order valence-corrected chi connectivity index (χ0v) is 39.7. The van der Waals surface area contributed by atoms with E-state index in [9.17, 15) is 0 Å². The Morgan fingerprint density at radius 1 is 0.373 bits per heavy atom. The van der Waals surface area contributed by atoms with Crippen LogP contribution >= 0.6 is 12.7 Å². The Morgan fingerprint density at radius 3 is 1.67 bits per heavy atom. The predicted molar refractivity (Wildman–Crippen MR) is 290 cm³/mol. The van der Waals surface area contributed by atoms with E-state index in [1.807, 2.05) is 60.7 Å². The summed E-state index contributed by atoms with van der Waals surface area (Å²) in [6.07, 6.45) is 0. The number of rotatable bonds is 7. The van der Waals surface area contributed by atoms with Crippen LogP contribution in [0.25, 0.3) is 81.8 Å². The second kappa shape index (κ2) is 15.7. The first-order chi connectivity index (χ1) is 33.0. The van der Waals surface area contributed by atoms with E-state index in [0.29, 0.717) is 0 Å². The maximum atomic E-state index is 16.3. The number of imidazole rings is 1. The van der Waals surface area contributed by atoms with Gasteiger partial charge in [-0.05, 0) is 45.8 Å². The van der Waals surface area contributed by atoms with Gasteiger partial charge in [0.1, 0.15) is 0 Å². The van der Waals surface area contributed by atoms with Crippen LogP contribution in [0.3, 0.4) is 0 Å². The molecule has 1 atom stereocenters. The van der Waals surface area contributed by atoms with E-state index in [0.717, 1.165) is 70.8 Å². The van der Waals surface area contributed by atoms with Gasteiger partial charge in [-0.15, -0.1) is 0 Å². The predicted octanol–water partition coefficient (Wildman–Crippen LogP) is 12.9. The number of benzene rings is 11. The van der Waals surface area contributed by atoms with Gasteiger partial charge < -0.3 is 4.57 Å². The van der Waals surface area contributed by atoms with Crippen LogP contribution in [0.1, 0.15) is 0 Å². The standard InChI is InChI=1S/C61H40N2OP2Se/c64-65(47-18-4-1-5-19-47,59-26-14-17-41-15-10-12-24-52(41)59)50-33-36-56-58(40-50)63-57-39-46(31-34-54(57)60-53-25-13-11-16-42(53)30-35-55(60)61(63)62-56)43-27-28-45-38-51(32-29-44(45)37-43)66(67,48-20-6-2-7-21-48)49-22-8-3-9-23-49/h1-40H. The summed E-state index contributed by atoms with van der Waals surface area (Å²) < 4.78 is 18.6. The summed E-state index contributed by atoms with van der Waals surface area (Å²) in [4.78, 5) is 5.41. The summed E-state index contributed by atoms with van der Waals surface area (Å²) in [6, 6.07) is 86.2. The zero-order chi connectivity index (χ0) is 44.7. The summed E-state index contributed by atoms with van der Waals surface area (Å²) in [6.45, 7) is 0. The monoisotopic (exact) mass is 958 g/mol. The SMILES string of the molecule is O=P(c1ccccc1)(c1ccc2nc3c4ccc5ccccc5c4c4ccc(-c5ccc6cc(P(=[Se])(c7ccccc7)c7ccccc7)ccc6c5)cc4n3c2c1)c1cccc2ccccc12. The molecule has 13 aromatic rings. The third-order valence-electron chi connectivity index (χ3n) is 13.7. The van der Waals surface area contributed by atoms with Crippen LogP contribution in [-0.4, -0.2) is 24.5 Å². The number of hydrogen-bond acceptors (Lipinski definition) is 2. The topological polar surface area (TPSA) is 34.4 Å². The van der Waals surface area contributed by atoms with Crippen LogP contribution in [0.2, 0.25) is 0 Å². The van der Waals surface area contributed by atoms with Gasteiger partial charge in [0.25, 0.3) is 0 Å². The first kappa shape index (κ1) is 40.2. The molecule has 0 N–H and O–H groups in total. The number of aromatic nitrogens is 2. The van der Waals surface area contributed by atoms with E-state index in [1.165, 1.54) is 42.8 Å². The molecule has 0 radical (unpaired) electrons. The van der Waals surface area contributed by atoms with E-state index in [4.69, 9.17) is 4.98 Å². The van der Waals surface area contributed by atoms with Crippen molar-refractivity contribution in [3.8, 4) is 11.1 Å². The Bertz CT molecular complexity index is 4180. The first-order valence-corrected chi connectivity index (χ1v) is 28.3. The molecule has 2 heterocycles. The number of fused-ring (bicyclic) bond motifs is 12. The Kier molecular flexibility index (Phi) is 9.43. The molecule has 316 valence electrons. The number of hydrogen-bond donors (Lipinski definition) is 0. The molecule has 11 aromatic carbocycles. The molecule has 0 aliphatic carbocycles. The summed E-state index contributed by atoms with van der Waals surface area (Å²) in [5.41, 5.74) is 3.94. The molecule has 0 saturated carbocycles. The van der Waals surface area contributed by atoms with Gasteiger partial charge in [0, 0.05) is 21.3 Å². The third-order valence-corrected chi connectivity index (χ3v) is 23.8. The Balaban J connectivity index is 1.03. The number of pyridine rings is 1. The molecule has 0 spiro atoms. The van der Waals surface area contributed by atoms with Crippen LogP contribution in [0, 0.1) is 0 Å². The van der Waals surface area contributed by atoms with E-state index < -0.39 is 12.7 Å². The fourth-order valence-corrected chi connectivity index (χ4v) is 18.2. The molecule has 0 saturated heterocycles. The van der Waals surface area contributed by atoms with Crippen molar-refractivity contribution in [1.29, 1.82) is 0 Å². The van der Waals surface area contributed by atoms with Crippen molar-refractivity contribution in [3.63, 3.8) is 0 Å². The van der Waals surface area contributed by atoms with E-state index >= 15 is 4.57 Å². The molecule has 3 nitrogen and oxygen atoms in total. The average Bonchev–Trinajstić information content (AvgIpc) is 3.80. The van der Waals surface area contributed by atoms with Gasteiger partial charge >= 0.3 is 206 Å². The normalized spacial score (nSPS) is 13.0.